The lowest BCUT2D eigenvalue weighted by Crippen LogP contribution is -2.45. The van der Waals surface area contributed by atoms with Crippen molar-refractivity contribution in [2.24, 2.45) is 5.92 Å². The monoisotopic (exact) mass is 262 g/mol. The molecule has 0 aromatic heterocycles. The smallest absolute Gasteiger partial charge is 0.217 e. The van der Waals surface area contributed by atoms with Crippen LogP contribution in [-0.4, -0.2) is 44.2 Å². The number of nitrogens with zero attached hydrogens (tertiary/aromatic N) is 1. The molecular weight excluding hydrogens is 236 g/mol. The third-order valence-electron chi connectivity index (χ3n) is 3.70. The second-order valence-electron chi connectivity index (χ2n) is 4.91. The number of sulfonamides is 1. The highest BCUT2D eigenvalue weighted by atomic mass is 32.2. The van der Waals surface area contributed by atoms with E-state index in [1.807, 2.05) is 6.92 Å². The van der Waals surface area contributed by atoms with Crippen molar-refractivity contribution in [3.05, 3.63) is 0 Å². The van der Waals surface area contributed by atoms with Crippen molar-refractivity contribution in [2.45, 2.75) is 45.3 Å². The molecule has 1 saturated heterocycles. The Morgan fingerprint density at radius 1 is 1.29 bits per heavy atom. The zero-order valence-corrected chi connectivity index (χ0v) is 12.1. The van der Waals surface area contributed by atoms with Gasteiger partial charge in [0, 0.05) is 19.6 Å². The van der Waals surface area contributed by atoms with E-state index in [-0.39, 0.29) is 5.25 Å². The van der Waals surface area contributed by atoms with Gasteiger partial charge in [0.2, 0.25) is 10.0 Å². The van der Waals surface area contributed by atoms with Crippen LogP contribution < -0.4 is 5.32 Å². The summed E-state index contributed by atoms with van der Waals surface area (Å²) in [5.41, 5.74) is 0. The molecule has 0 aliphatic carbocycles. The maximum atomic E-state index is 12.3. The fraction of sp³-hybridized carbons (Fsp3) is 1.00. The average Bonchev–Trinajstić information content (AvgIpc) is 2.35. The predicted octanol–water partition coefficient (Wildman–Crippen LogP) is 1.44. The third kappa shape index (κ3) is 3.93. The summed E-state index contributed by atoms with van der Waals surface area (Å²) in [4.78, 5) is 0. The van der Waals surface area contributed by atoms with Crippen LogP contribution in [0.3, 0.4) is 0 Å². The van der Waals surface area contributed by atoms with E-state index in [2.05, 4.69) is 12.2 Å². The fourth-order valence-corrected chi connectivity index (χ4v) is 3.84. The van der Waals surface area contributed by atoms with Crippen LogP contribution in [0.4, 0.5) is 0 Å². The van der Waals surface area contributed by atoms with Gasteiger partial charge in [0.1, 0.15) is 0 Å². The average molecular weight is 262 g/mol. The Kier molecular flexibility index (Phi) is 5.89. The van der Waals surface area contributed by atoms with Gasteiger partial charge in [0.15, 0.2) is 0 Å². The maximum absolute atomic E-state index is 12.3. The summed E-state index contributed by atoms with van der Waals surface area (Å²) in [6.45, 7) is 8.75. The Balaban J connectivity index is 2.53. The molecule has 0 bridgehead atoms. The Morgan fingerprint density at radius 2 is 1.88 bits per heavy atom. The minimum absolute atomic E-state index is 0.319. The number of hydrogen-bond donors (Lipinski definition) is 1. The highest BCUT2D eigenvalue weighted by molar-refractivity contribution is 7.89. The molecular formula is C12H26N2O2S. The summed E-state index contributed by atoms with van der Waals surface area (Å²) in [5.74, 6) is 0.713. The van der Waals surface area contributed by atoms with Gasteiger partial charge in [-0.05, 0) is 32.2 Å². The van der Waals surface area contributed by atoms with Crippen molar-refractivity contribution in [3.8, 4) is 0 Å². The van der Waals surface area contributed by atoms with Crippen molar-refractivity contribution in [3.63, 3.8) is 0 Å². The largest absolute Gasteiger partial charge is 0.316 e. The molecule has 102 valence electrons. The van der Waals surface area contributed by atoms with Crippen LogP contribution in [0.25, 0.3) is 0 Å². The zero-order chi connectivity index (χ0) is 12.9. The van der Waals surface area contributed by atoms with E-state index >= 15 is 0 Å². The third-order valence-corrected chi connectivity index (χ3v) is 5.97. The first-order valence-electron chi connectivity index (χ1n) is 6.72. The lowest BCUT2D eigenvalue weighted by molar-refractivity contribution is 0.267. The first kappa shape index (κ1) is 14.9. The molecule has 1 atom stereocenters. The summed E-state index contributed by atoms with van der Waals surface area (Å²) in [7, 11) is -3.10. The Bertz CT molecular complexity index is 308. The van der Waals surface area contributed by atoms with Gasteiger partial charge in [0.25, 0.3) is 0 Å². The van der Waals surface area contributed by atoms with E-state index < -0.39 is 10.0 Å². The Hall–Kier alpha value is -0.130. The molecule has 1 rings (SSSR count). The van der Waals surface area contributed by atoms with Crippen LogP contribution in [0.5, 0.6) is 0 Å². The molecule has 1 fully saturated rings. The van der Waals surface area contributed by atoms with Gasteiger partial charge < -0.3 is 5.32 Å². The van der Waals surface area contributed by atoms with Crippen molar-refractivity contribution < 1.29 is 8.42 Å². The van der Waals surface area contributed by atoms with Crippen LogP contribution in [0.2, 0.25) is 0 Å². The topological polar surface area (TPSA) is 49.4 Å². The lowest BCUT2D eigenvalue weighted by Gasteiger charge is -2.32. The maximum Gasteiger partial charge on any atom is 0.217 e. The molecule has 0 saturated carbocycles. The summed E-state index contributed by atoms with van der Waals surface area (Å²) >= 11 is 0. The quantitative estimate of drug-likeness (QED) is 0.788. The van der Waals surface area contributed by atoms with Crippen molar-refractivity contribution in [1.82, 2.24) is 9.62 Å². The number of hydrogen-bond acceptors (Lipinski definition) is 3. The molecule has 4 nitrogen and oxygen atoms in total. The van der Waals surface area contributed by atoms with Crippen LogP contribution in [-0.2, 0) is 10.0 Å². The van der Waals surface area contributed by atoms with Crippen LogP contribution in [0.15, 0.2) is 0 Å². The minimum atomic E-state index is -3.10. The molecule has 0 aromatic rings. The molecule has 5 heteroatoms. The van der Waals surface area contributed by atoms with Crippen molar-refractivity contribution >= 4 is 10.0 Å². The number of nitrogens with one attached hydrogen (secondary N) is 1. The van der Waals surface area contributed by atoms with E-state index in [0.29, 0.717) is 25.6 Å². The highest BCUT2D eigenvalue weighted by Crippen LogP contribution is 2.23. The Labute approximate surface area is 106 Å². The number of piperidine rings is 1. The minimum Gasteiger partial charge on any atom is -0.316 e. The fourth-order valence-electron chi connectivity index (χ4n) is 2.28. The lowest BCUT2D eigenvalue weighted by atomic mass is 9.96. The van der Waals surface area contributed by atoms with Gasteiger partial charge in [-0.3, -0.25) is 0 Å². The molecule has 0 amide bonds. The summed E-state index contributed by atoms with van der Waals surface area (Å²) in [6, 6.07) is 0. The Morgan fingerprint density at radius 3 is 2.35 bits per heavy atom. The van der Waals surface area contributed by atoms with Crippen LogP contribution in [0, 0.1) is 5.92 Å². The zero-order valence-electron chi connectivity index (χ0n) is 11.3. The molecule has 0 radical (unpaired) electrons. The number of rotatable bonds is 6. The molecule has 1 N–H and O–H groups in total. The molecule has 17 heavy (non-hydrogen) atoms. The summed E-state index contributed by atoms with van der Waals surface area (Å²) < 4.78 is 26.2. The van der Waals surface area contributed by atoms with E-state index in [1.54, 1.807) is 11.2 Å². The van der Waals surface area contributed by atoms with Gasteiger partial charge >= 0.3 is 0 Å². The van der Waals surface area contributed by atoms with Gasteiger partial charge in [0.05, 0.1) is 5.25 Å². The molecule has 0 aromatic carbocycles. The van der Waals surface area contributed by atoms with E-state index in [9.17, 15) is 8.42 Å². The van der Waals surface area contributed by atoms with Crippen molar-refractivity contribution in [2.75, 3.05) is 26.2 Å². The van der Waals surface area contributed by atoms with Gasteiger partial charge in [-0.25, -0.2) is 12.7 Å². The molecule has 0 spiro atoms. The SMILES string of the molecule is CCNCC(C)S(=O)(=O)N1CCC(CC)CC1. The molecule has 1 aliphatic heterocycles. The summed E-state index contributed by atoms with van der Waals surface area (Å²) in [6.07, 6.45) is 3.20. The van der Waals surface area contributed by atoms with E-state index in [1.165, 1.54) is 6.42 Å². The first-order valence-corrected chi connectivity index (χ1v) is 8.22. The first-order chi connectivity index (χ1) is 8.02. The van der Waals surface area contributed by atoms with Gasteiger partial charge in [-0.1, -0.05) is 20.3 Å². The molecule has 1 heterocycles. The highest BCUT2D eigenvalue weighted by Gasteiger charge is 2.31. The second-order valence-corrected chi connectivity index (χ2v) is 7.26. The second kappa shape index (κ2) is 6.71. The van der Waals surface area contributed by atoms with Crippen LogP contribution in [0.1, 0.15) is 40.0 Å². The van der Waals surface area contributed by atoms with E-state index in [0.717, 1.165) is 19.4 Å². The molecule has 1 unspecified atom stereocenters. The van der Waals surface area contributed by atoms with Crippen molar-refractivity contribution in [1.29, 1.82) is 0 Å². The van der Waals surface area contributed by atoms with Gasteiger partial charge in [-0.2, -0.15) is 0 Å². The van der Waals surface area contributed by atoms with Gasteiger partial charge in [-0.15, -0.1) is 0 Å². The molecule has 1 aliphatic rings. The van der Waals surface area contributed by atoms with Crippen LogP contribution >= 0.6 is 0 Å². The summed E-state index contributed by atoms with van der Waals surface area (Å²) in [5, 5.41) is 2.79. The standard InChI is InChI=1S/C12H26N2O2S/c1-4-12-6-8-14(9-7-12)17(15,16)11(3)10-13-5-2/h11-13H,4-10H2,1-3H3. The predicted molar refractivity (Wildman–Crippen MR) is 71.5 cm³/mol. The normalized spacial score (nSPS) is 21.6. The van der Waals surface area contributed by atoms with E-state index in [4.69, 9.17) is 0 Å².